The predicted octanol–water partition coefficient (Wildman–Crippen LogP) is 2.07. The van der Waals surface area contributed by atoms with Gasteiger partial charge in [0.25, 0.3) is 0 Å². The summed E-state index contributed by atoms with van der Waals surface area (Å²) < 4.78 is 5.13. The van der Waals surface area contributed by atoms with E-state index in [-0.39, 0.29) is 11.8 Å². The van der Waals surface area contributed by atoms with E-state index in [0.29, 0.717) is 18.8 Å². The van der Waals surface area contributed by atoms with Crippen molar-refractivity contribution in [3.8, 4) is 29.4 Å². The van der Waals surface area contributed by atoms with Crippen molar-refractivity contribution >= 4 is 11.7 Å². The van der Waals surface area contributed by atoms with Crippen LogP contribution in [0.25, 0.3) is 11.3 Å². The summed E-state index contributed by atoms with van der Waals surface area (Å²) in [5, 5.41) is 7.17. The molecule has 0 saturated carbocycles. The number of aromatic amines is 1. The number of aromatic nitrogens is 2. The van der Waals surface area contributed by atoms with Crippen molar-refractivity contribution in [1.82, 2.24) is 10.2 Å². The molecule has 1 aliphatic rings. The molecule has 1 fully saturated rings. The largest absolute Gasteiger partial charge is 0.497 e. The number of rotatable bonds is 3. The van der Waals surface area contributed by atoms with Gasteiger partial charge in [-0.2, -0.15) is 5.10 Å². The van der Waals surface area contributed by atoms with Gasteiger partial charge in [-0.25, -0.2) is 0 Å². The van der Waals surface area contributed by atoms with Gasteiger partial charge < -0.3 is 4.74 Å². The minimum absolute atomic E-state index is 0.0192. The van der Waals surface area contributed by atoms with Crippen LogP contribution in [0.4, 0.5) is 5.82 Å². The number of nitrogens with one attached hydrogen (secondary N) is 1. The van der Waals surface area contributed by atoms with E-state index in [0.717, 1.165) is 17.0 Å². The lowest BCUT2D eigenvalue weighted by Gasteiger charge is -2.11. The molecule has 106 valence electrons. The number of amides is 1. The van der Waals surface area contributed by atoms with Crippen LogP contribution in [0, 0.1) is 18.3 Å². The molecule has 1 amide bonds. The first kappa shape index (κ1) is 13.3. The molecular formula is C16H15N3O2. The summed E-state index contributed by atoms with van der Waals surface area (Å²) in [6, 6.07) is 9.49. The lowest BCUT2D eigenvalue weighted by atomic mass is 10.1. The van der Waals surface area contributed by atoms with Crippen LogP contribution in [0.3, 0.4) is 0 Å². The Bertz CT molecular complexity index is 697. The van der Waals surface area contributed by atoms with Crippen molar-refractivity contribution in [2.45, 2.75) is 6.42 Å². The number of methoxy groups -OCH3 is 1. The molecule has 5 nitrogen and oxygen atoms in total. The summed E-state index contributed by atoms with van der Waals surface area (Å²) in [6.07, 6.45) is 5.78. The quantitative estimate of drug-likeness (QED) is 0.876. The molecule has 0 bridgehead atoms. The summed E-state index contributed by atoms with van der Waals surface area (Å²) in [4.78, 5) is 13.6. The molecule has 3 rings (SSSR count). The molecule has 1 aromatic heterocycles. The Balaban J connectivity index is 1.83. The molecule has 1 unspecified atom stereocenters. The van der Waals surface area contributed by atoms with E-state index >= 15 is 0 Å². The van der Waals surface area contributed by atoms with Crippen LogP contribution in [-0.2, 0) is 4.79 Å². The van der Waals surface area contributed by atoms with Gasteiger partial charge in [0.1, 0.15) is 5.75 Å². The second-order valence-electron chi connectivity index (χ2n) is 4.94. The van der Waals surface area contributed by atoms with Crippen molar-refractivity contribution in [3.05, 3.63) is 30.3 Å². The number of ether oxygens (including phenoxy) is 1. The zero-order valence-electron chi connectivity index (χ0n) is 11.7. The normalized spacial score (nSPS) is 17.8. The summed E-state index contributed by atoms with van der Waals surface area (Å²) in [7, 11) is 1.63. The Morgan fingerprint density at radius 1 is 1.43 bits per heavy atom. The lowest BCUT2D eigenvalue weighted by Crippen LogP contribution is -2.24. The van der Waals surface area contributed by atoms with E-state index in [2.05, 4.69) is 16.1 Å². The highest BCUT2D eigenvalue weighted by atomic mass is 16.5. The third kappa shape index (κ3) is 2.48. The maximum atomic E-state index is 11.9. The number of terminal acetylenes is 1. The van der Waals surface area contributed by atoms with Crippen molar-refractivity contribution in [2.24, 2.45) is 5.92 Å². The average molecular weight is 281 g/mol. The van der Waals surface area contributed by atoms with Gasteiger partial charge in [-0.1, -0.05) is 0 Å². The highest BCUT2D eigenvalue weighted by Crippen LogP contribution is 2.27. The Kier molecular flexibility index (Phi) is 3.36. The predicted molar refractivity (Wildman–Crippen MR) is 79.9 cm³/mol. The first-order chi connectivity index (χ1) is 10.2. The van der Waals surface area contributed by atoms with Gasteiger partial charge in [-0.05, 0) is 29.8 Å². The van der Waals surface area contributed by atoms with Gasteiger partial charge in [-0.15, -0.1) is 12.3 Å². The number of carbonyl (C=O) groups excluding carboxylic acids is 1. The van der Waals surface area contributed by atoms with E-state index in [9.17, 15) is 4.79 Å². The van der Waals surface area contributed by atoms with Crippen molar-refractivity contribution < 1.29 is 9.53 Å². The molecule has 1 aliphatic heterocycles. The molecule has 0 aliphatic carbocycles. The first-order valence-electron chi connectivity index (χ1n) is 6.67. The molecule has 1 saturated heterocycles. The fourth-order valence-corrected chi connectivity index (χ4v) is 2.41. The van der Waals surface area contributed by atoms with Crippen LogP contribution < -0.4 is 9.64 Å². The Labute approximate surface area is 122 Å². The average Bonchev–Trinajstić information content (AvgIpc) is 3.13. The highest BCUT2D eigenvalue weighted by Gasteiger charge is 2.30. The number of carbonyl (C=O) groups is 1. The maximum Gasteiger partial charge on any atom is 0.229 e. The van der Waals surface area contributed by atoms with Crippen LogP contribution in [0.5, 0.6) is 5.75 Å². The number of benzene rings is 1. The molecule has 1 atom stereocenters. The Hall–Kier alpha value is -2.74. The van der Waals surface area contributed by atoms with Crippen LogP contribution in [0.2, 0.25) is 0 Å². The van der Waals surface area contributed by atoms with Crippen molar-refractivity contribution in [2.75, 3.05) is 18.6 Å². The van der Waals surface area contributed by atoms with Crippen LogP contribution in [0.1, 0.15) is 6.42 Å². The molecule has 0 spiro atoms. The lowest BCUT2D eigenvalue weighted by molar-refractivity contribution is -0.117. The summed E-state index contributed by atoms with van der Waals surface area (Å²) in [5.74, 6) is 4.03. The molecule has 2 aromatic rings. The van der Waals surface area contributed by atoms with E-state index < -0.39 is 0 Å². The monoisotopic (exact) mass is 281 g/mol. The molecule has 5 heteroatoms. The van der Waals surface area contributed by atoms with E-state index in [1.165, 1.54) is 0 Å². The Morgan fingerprint density at radius 3 is 2.81 bits per heavy atom. The van der Waals surface area contributed by atoms with Gasteiger partial charge in [0, 0.05) is 24.9 Å². The first-order valence-corrected chi connectivity index (χ1v) is 6.67. The fourth-order valence-electron chi connectivity index (χ4n) is 2.41. The van der Waals surface area contributed by atoms with E-state index in [4.69, 9.17) is 11.2 Å². The van der Waals surface area contributed by atoms with E-state index in [1.54, 1.807) is 12.0 Å². The molecule has 0 radical (unpaired) electrons. The number of anilines is 1. The third-order valence-electron chi connectivity index (χ3n) is 3.60. The maximum absolute atomic E-state index is 11.9. The van der Waals surface area contributed by atoms with Gasteiger partial charge in [-0.3, -0.25) is 14.8 Å². The molecular weight excluding hydrogens is 266 g/mol. The third-order valence-corrected chi connectivity index (χ3v) is 3.60. The minimum Gasteiger partial charge on any atom is -0.497 e. The molecule has 2 heterocycles. The van der Waals surface area contributed by atoms with Crippen LogP contribution in [-0.4, -0.2) is 29.8 Å². The van der Waals surface area contributed by atoms with Gasteiger partial charge in [0.15, 0.2) is 5.82 Å². The van der Waals surface area contributed by atoms with Crippen molar-refractivity contribution in [3.63, 3.8) is 0 Å². The molecule has 1 N–H and O–H groups in total. The van der Waals surface area contributed by atoms with Crippen LogP contribution in [0.15, 0.2) is 30.3 Å². The van der Waals surface area contributed by atoms with Gasteiger partial charge in [0.2, 0.25) is 5.91 Å². The highest BCUT2D eigenvalue weighted by molar-refractivity contribution is 5.95. The molecule has 1 aromatic carbocycles. The van der Waals surface area contributed by atoms with E-state index in [1.807, 2.05) is 30.3 Å². The fraction of sp³-hybridized carbons (Fsp3) is 0.250. The zero-order valence-corrected chi connectivity index (χ0v) is 11.7. The second kappa shape index (κ2) is 5.33. The summed E-state index contributed by atoms with van der Waals surface area (Å²) in [5.41, 5.74) is 1.83. The SMILES string of the molecule is C#CC1CC(=O)N(c2cc(-c3ccc(OC)cc3)[nH]n2)C1. The van der Waals surface area contributed by atoms with Crippen LogP contribution >= 0.6 is 0 Å². The molecule has 21 heavy (non-hydrogen) atoms. The standard InChI is InChI=1S/C16H15N3O2/c1-3-11-8-16(20)19(10-11)15-9-14(17-18-15)12-4-6-13(21-2)7-5-12/h1,4-7,9,11H,8,10H2,2H3,(H,17,18). The summed E-state index contributed by atoms with van der Waals surface area (Å²) in [6.45, 7) is 0.530. The van der Waals surface area contributed by atoms with Gasteiger partial charge >= 0.3 is 0 Å². The van der Waals surface area contributed by atoms with Crippen molar-refractivity contribution in [1.29, 1.82) is 0 Å². The smallest absolute Gasteiger partial charge is 0.229 e. The topological polar surface area (TPSA) is 58.2 Å². The number of H-pyrrole nitrogens is 1. The number of hydrogen-bond donors (Lipinski definition) is 1. The zero-order chi connectivity index (χ0) is 14.8. The second-order valence-corrected chi connectivity index (χ2v) is 4.94. The van der Waals surface area contributed by atoms with Gasteiger partial charge in [0.05, 0.1) is 12.8 Å². The minimum atomic E-state index is -0.0290. The summed E-state index contributed by atoms with van der Waals surface area (Å²) >= 11 is 0. The Morgan fingerprint density at radius 2 is 2.19 bits per heavy atom. The number of hydrogen-bond acceptors (Lipinski definition) is 3. The number of nitrogens with zero attached hydrogens (tertiary/aromatic N) is 2.